The summed E-state index contributed by atoms with van der Waals surface area (Å²) in [5.41, 5.74) is 5.07. The third kappa shape index (κ3) is 2.65. The van der Waals surface area contributed by atoms with E-state index in [0.717, 1.165) is 0 Å². The molecule has 0 aromatic heterocycles. The summed E-state index contributed by atoms with van der Waals surface area (Å²) in [6.07, 6.45) is -1.49. The van der Waals surface area contributed by atoms with Gasteiger partial charge in [-0.05, 0) is 20.3 Å². The molecule has 0 aromatic carbocycles. The van der Waals surface area contributed by atoms with E-state index in [1.165, 1.54) is 0 Å². The number of hydrogen-bond acceptors (Lipinski definition) is 4. The number of carbonyl (C=O) groups is 1. The van der Waals surface area contributed by atoms with Gasteiger partial charge >= 0.3 is 0 Å². The molecule has 13 heavy (non-hydrogen) atoms. The first-order valence-electron chi connectivity index (χ1n) is 4.21. The molecule has 0 bridgehead atoms. The number of amides is 1. The predicted octanol–water partition coefficient (Wildman–Crippen LogP) is -0.626. The van der Waals surface area contributed by atoms with Crippen LogP contribution in [0.1, 0.15) is 20.3 Å². The maximum absolute atomic E-state index is 10.9. The van der Waals surface area contributed by atoms with Crippen LogP contribution in [0.4, 0.5) is 0 Å². The Hall–Kier alpha value is -0.650. The van der Waals surface area contributed by atoms with E-state index in [2.05, 4.69) is 0 Å². The zero-order valence-corrected chi connectivity index (χ0v) is 7.82. The van der Waals surface area contributed by atoms with E-state index in [1.807, 2.05) is 0 Å². The summed E-state index contributed by atoms with van der Waals surface area (Å²) in [6.45, 7) is 3.72. The van der Waals surface area contributed by atoms with Crippen molar-refractivity contribution in [2.75, 3.05) is 6.61 Å². The lowest BCUT2D eigenvalue weighted by Crippen LogP contribution is -2.44. The summed E-state index contributed by atoms with van der Waals surface area (Å²) in [5, 5.41) is 9.45. The number of hydrogen-bond donors (Lipinski definition) is 2. The van der Waals surface area contributed by atoms with Crippen LogP contribution in [-0.2, 0) is 14.3 Å². The molecule has 1 amide bonds. The quantitative estimate of drug-likeness (QED) is 0.575. The second-order valence-electron chi connectivity index (χ2n) is 3.55. The fraction of sp³-hybridized carbons (Fsp3) is 0.875. The minimum atomic E-state index is -0.975. The van der Waals surface area contributed by atoms with Gasteiger partial charge < -0.3 is 20.3 Å². The van der Waals surface area contributed by atoms with Gasteiger partial charge in [0.15, 0.2) is 11.9 Å². The first kappa shape index (κ1) is 10.4. The first-order chi connectivity index (χ1) is 5.92. The Kier molecular flexibility index (Phi) is 2.90. The summed E-state index contributed by atoms with van der Waals surface area (Å²) in [7, 11) is 0. The normalized spacial score (nSPS) is 33.8. The highest BCUT2D eigenvalue weighted by molar-refractivity contribution is 5.79. The molecule has 2 unspecified atom stereocenters. The molecule has 1 heterocycles. The number of primary amides is 1. The van der Waals surface area contributed by atoms with Gasteiger partial charge in [0.2, 0.25) is 5.91 Å². The Labute approximate surface area is 76.8 Å². The Morgan fingerprint density at radius 2 is 2.23 bits per heavy atom. The van der Waals surface area contributed by atoms with Gasteiger partial charge in [0.1, 0.15) is 0 Å². The number of aliphatic hydroxyl groups is 1. The van der Waals surface area contributed by atoms with E-state index in [1.54, 1.807) is 13.8 Å². The standard InChI is InChI=1S/C8H15NO4/c1-8(2)12-4-3-5(10)6(13-8)7(9)11/h5-6,10H,3-4H2,1-2H3,(H2,9,11). The fourth-order valence-electron chi connectivity index (χ4n) is 1.24. The number of rotatable bonds is 1. The van der Waals surface area contributed by atoms with Crippen molar-refractivity contribution in [3.05, 3.63) is 0 Å². The van der Waals surface area contributed by atoms with Crippen LogP contribution in [0.2, 0.25) is 0 Å². The van der Waals surface area contributed by atoms with Crippen LogP contribution in [0.5, 0.6) is 0 Å². The van der Waals surface area contributed by atoms with E-state index < -0.39 is 23.9 Å². The SMILES string of the molecule is CC1(C)OCCC(O)C(C(N)=O)O1. The van der Waals surface area contributed by atoms with Crippen molar-refractivity contribution in [1.29, 1.82) is 0 Å². The monoisotopic (exact) mass is 189 g/mol. The summed E-state index contributed by atoms with van der Waals surface area (Å²) in [6, 6.07) is 0. The predicted molar refractivity (Wildman–Crippen MR) is 44.7 cm³/mol. The minimum absolute atomic E-state index is 0.358. The molecule has 5 heteroatoms. The maximum Gasteiger partial charge on any atom is 0.249 e. The van der Waals surface area contributed by atoms with Crippen molar-refractivity contribution >= 4 is 5.91 Å². The second kappa shape index (κ2) is 3.61. The smallest absolute Gasteiger partial charge is 0.249 e. The topological polar surface area (TPSA) is 81.8 Å². The van der Waals surface area contributed by atoms with Crippen LogP contribution in [0.25, 0.3) is 0 Å². The fourth-order valence-corrected chi connectivity index (χ4v) is 1.24. The van der Waals surface area contributed by atoms with Gasteiger partial charge in [0, 0.05) is 0 Å². The minimum Gasteiger partial charge on any atom is -0.390 e. The molecule has 1 aliphatic heterocycles. The van der Waals surface area contributed by atoms with Crippen LogP contribution >= 0.6 is 0 Å². The Balaban J connectivity index is 2.73. The van der Waals surface area contributed by atoms with Gasteiger partial charge in [-0.25, -0.2) is 0 Å². The second-order valence-corrected chi connectivity index (χ2v) is 3.55. The van der Waals surface area contributed by atoms with Crippen molar-refractivity contribution in [2.24, 2.45) is 5.73 Å². The molecule has 3 N–H and O–H groups in total. The van der Waals surface area contributed by atoms with E-state index in [-0.39, 0.29) is 0 Å². The molecule has 0 aromatic rings. The molecule has 0 saturated carbocycles. The molecule has 1 fully saturated rings. The lowest BCUT2D eigenvalue weighted by Gasteiger charge is -2.26. The van der Waals surface area contributed by atoms with E-state index in [4.69, 9.17) is 15.2 Å². The third-order valence-electron chi connectivity index (χ3n) is 1.90. The van der Waals surface area contributed by atoms with Crippen molar-refractivity contribution in [2.45, 2.75) is 38.3 Å². The highest BCUT2D eigenvalue weighted by Gasteiger charge is 2.35. The largest absolute Gasteiger partial charge is 0.390 e. The Morgan fingerprint density at radius 1 is 1.62 bits per heavy atom. The first-order valence-corrected chi connectivity index (χ1v) is 4.21. The summed E-state index contributed by atoms with van der Waals surface area (Å²) in [5.74, 6) is -1.52. The molecule has 0 aliphatic carbocycles. The molecule has 0 radical (unpaired) electrons. The highest BCUT2D eigenvalue weighted by atomic mass is 16.7. The Morgan fingerprint density at radius 3 is 2.77 bits per heavy atom. The lowest BCUT2D eigenvalue weighted by molar-refractivity contribution is -0.227. The molecule has 76 valence electrons. The molecule has 1 rings (SSSR count). The number of ether oxygens (including phenoxy) is 2. The van der Waals surface area contributed by atoms with E-state index >= 15 is 0 Å². The van der Waals surface area contributed by atoms with Crippen molar-refractivity contribution in [3.8, 4) is 0 Å². The van der Waals surface area contributed by atoms with Gasteiger partial charge in [-0.15, -0.1) is 0 Å². The van der Waals surface area contributed by atoms with Gasteiger partial charge in [-0.2, -0.15) is 0 Å². The van der Waals surface area contributed by atoms with E-state index in [9.17, 15) is 9.90 Å². The van der Waals surface area contributed by atoms with Crippen molar-refractivity contribution in [1.82, 2.24) is 0 Å². The Bertz CT molecular complexity index is 204. The molecule has 5 nitrogen and oxygen atoms in total. The molecule has 1 aliphatic rings. The number of nitrogens with two attached hydrogens (primary N) is 1. The van der Waals surface area contributed by atoms with Crippen LogP contribution in [0.15, 0.2) is 0 Å². The summed E-state index contributed by atoms with van der Waals surface area (Å²) >= 11 is 0. The van der Waals surface area contributed by atoms with Crippen molar-refractivity contribution in [3.63, 3.8) is 0 Å². The van der Waals surface area contributed by atoms with Gasteiger partial charge in [-0.3, -0.25) is 4.79 Å². The highest BCUT2D eigenvalue weighted by Crippen LogP contribution is 2.21. The molecular formula is C8H15NO4. The van der Waals surface area contributed by atoms with Crippen LogP contribution in [-0.4, -0.2) is 35.6 Å². The van der Waals surface area contributed by atoms with Gasteiger partial charge in [-0.1, -0.05) is 0 Å². The van der Waals surface area contributed by atoms with Gasteiger partial charge in [0.05, 0.1) is 12.7 Å². The molecule has 0 spiro atoms. The molecular weight excluding hydrogens is 174 g/mol. The van der Waals surface area contributed by atoms with Crippen LogP contribution in [0, 0.1) is 0 Å². The summed E-state index contributed by atoms with van der Waals surface area (Å²) in [4.78, 5) is 10.9. The maximum atomic E-state index is 10.9. The van der Waals surface area contributed by atoms with Gasteiger partial charge in [0.25, 0.3) is 0 Å². The molecule has 2 atom stereocenters. The van der Waals surface area contributed by atoms with Crippen LogP contribution < -0.4 is 5.73 Å². The third-order valence-corrected chi connectivity index (χ3v) is 1.90. The molecule has 1 saturated heterocycles. The van der Waals surface area contributed by atoms with E-state index in [0.29, 0.717) is 13.0 Å². The number of aliphatic hydroxyl groups excluding tert-OH is 1. The lowest BCUT2D eigenvalue weighted by atomic mass is 10.1. The average Bonchev–Trinajstić information content (AvgIpc) is 2.10. The zero-order chi connectivity index (χ0) is 10.1. The number of carbonyl (C=O) groups excluding carboxylic acids is 1. The summed E-state index contributed by atoms with van der Waals surface area (Å²) < 4.78 is 10.5. The van der Waals surface area contributed by atoms with Crippen molar-refractivity contribution < 1.29 is 19.4 Å². The average molecular weight is 189 g/mol. The zero-order valence-electron chi connectivity index (χ0n) is 7.82. The van der Waals surface area contributed by atoms with Crippen LogP contribution in [0.3, 0.4) is 0 Å².